The van der Waals surface area contributed by atoms with E-state index in [0.717, 1.165) is 15.8 Å². The molecule has 0 spiro atoms. The number of ether oxygens (including phenoxy) is 1. The fourth-order valence-electron chi connectivity index (χ4n) is 4.44. The van der Waals surface area contributed by atoms with Crippen LogP contribution in [-0.2, 0) is 27.4 Å². The van der Waals surface area contributed by atoms with E-state index in [1.54, 1.807) is 43.3 Å². The number of amides is 2. The van der Waals surface area contributed by atoms with Crippen molar-refractivity contribution in [3.05, 3.63) is 105 Å². The van der Waals surface area contributed by atoms with Crippen molar-refractivity contribution in [2.45, 2.75) is 26.1 Å². The van der Waals surface area contributed by atoms with Crippen molar-refractivity contribution < 1.29 is 19.1 Å². The number of hydrogen-bond acceptors (Lipinski definition) is 7. The number of carbonyl (C=O) groups is 3. The number of nitrogens with zero attached hydrogens (tertiary/aromatic N) is 1. The lowest BCUT2D eigenvalue weighted by Crippen LogP contribution is -2.42. The highest BCUT2D eigenvalue weighted by atomic mass is 32.1. The number of amidine groups is 1. The molecule has 1 heterocycles. The third-order valence-corrected chi connectivity index (χ3v) is 7.45. The number of nitrogens with one attached hydrogen (secondary N) is 2. The smallest absolute Gasteiger partial charge is 0.333 e. The normalized spacial score (nSPS) is 11.6. The molecule has 0 fully saturated rings. The number of rotatable bonds is 11. The first-order valence-corrected chi connectivity index (χ1v) is 13.6. The maximum atomic E-state index is 13.2. The molecular weight excluding hydrogens is 526 g/mol. The van der Waals surface area contributed by atoms with E-state index in [-0.39, 0.29) is 31.4 Å². The van der Waals surface area contributed by atoms with Gasteiger partial charge in [-0.2, -0.15) is 0 Å². The lowest BCUT2D eigenvalue weighted by atomic mass is 9.97. The molecule has 9 nitrogen and oxygen atoms in total. The molecule has 0 saturated heterocycles. The number of nitrogen functional groups attached to an aromatic ring is 1. The van der Waals surface area contributed by atoms with Gasteiger partial charge < -0.3 is 26.4 Å². The Morgan fingerprint density at radius 1 is 1.02 bits per heavy atom. The highest BCUT2D eigenvalue weighted by molar-refractivity contribution is 7.14. The van der Waals surface area contributed by atoms with E-state index < -0.39 is 17.9 Å². The second-order valence-electron chi connectivity index (χ2n) is 9.01. The fourth-order valence-corrected chi connectivity index (χ4v) is 5.24. The van der Waals surface area contributed by atoms with Crippen molar-refractivity contribution in [2.75, 3.05) is 13.2 Å². The number of carbonyl (C=O) groups excluding carboxylic acids is 3. The lowest BCUT2D eigenvalue weighted by molar-refractivity contribution is -0.155. The highest BCUT2D eigenvalue weighted by Gasteiger charge is 2.32. The van der Waals surface area contributed by atoms with Gasteiger partial charge in [-0.3, -0.25) is 15.0 Å². The molecule has 0 bridgehead atoms. The predicted octanol–water partition coefficient (Wildman–Crippen LogP) is 3.71. The fraction of sp³-hybridized carbons (Fsp3) is 0.200. The Labute approximate surface area is 236 Å². The van der Waals surface area contributed by atoms with E-state index in [0.29, 0.717) is 27.9 Å². The molecule has 10 heteroatoms. The van der Waals surface area contributed by atoms with Crippen LogP contribution in [0.15, 0.2) is 78.9 Å². The molecule has 206 valence electrons. The first kappa shape index (κ1) is 28.5. The molecule has 0 radical (unpaired) electrons. The Kier molecular flexibility index (Phi) is 9.26. The molecule has 2 amide bonds. The summed E-state index contributed by atoms with van der Waals surface area (Å²) in [6.45, 7) is 2.07. The maximum absolute atomic E-state index is 13.2. The Morgan fingerprint density at radius 3 is 2.48 bits per heavy atom. The number of nitrogens with two attached hydrogens (primary N) is 2. The second kappa shape index (κ2) is 13.0. The lowest BCUT2D eigenvalue weighted by Gasteiger charge is -2.30. The Balaban J connectivity index is 1.65. The standard InChI is InChI=1S/C30H31N5O4S/c1-2-39-30(38)27(35(26(36)16-31)18-19-7-4-3-5-8-19)21-11-13-23-20(15-21)9-6-10-24(23)29(37)34-17-22-12-14-25(40-22)28(32)33/h3-15,27H,2,16-18,31H2,1H3,(H3,32,33)(H,34,37). The topological polar surface area (TPSA) is 152 Å². The van der Waals surface area contributed by atoms with Crippen LogP contribution in [0.5, 0.6) is 0 Å². The third kappa shape index (κ3) is 6.53. The van der Waals surface area contributed by atoms with Crippen LogP contribution in [-0.4, -0.2) is 41.7 Å². The minimum absolute atomic E-state index is 0.0101. The van der Waals surface area contributed by atoms with Gasteiger partial charge in [0, 0.05) is 17.0 Å². The molecule has 3 aromatic carbocycles. The van der Waals surface area contributed by atoms with Crippen LogP contribution in [0, 0.1) is 5.41 Å². The van der Waals surface area contributed by atoms with Crippen LogP contribution >= 0.6 is 11.3 Å². The van der Waals surface area contributed by atoms with Gasteiger partial charge in [0.2, 0.25) is 5.91 Å². The summed E-state index contributed by atoms with van der Waals surface area (Å²) in [5, 5.41) is 11.9. The van der Waals surface area contributed by atoms with Gasteiger partial charge in [0.15, 0.2) is 6.04 Å². The molecule has 40 heavy (non-hydrogen) atoms. The van der Waals surface area contributed by atoms with Crippen LogP contribution in [0.25, 0.3) is 10.8 Å². The number of fused-ring (bicyclic) bond motifs is 1. The second-order valence-corrected chi connectivity index (χ2v) is 10.2. The molecule has 1 unspecified atom stereocenters. The largest absolute Gasteiger partial charge is 0.464 e. The average Bonchev–Trinajstić information content (AvgIpc) is 3.45. The molecule has 1 atom stereocenters. The molecule has 4 aromatic rings. The average molecular weight is 558 g/mol. The van der Waals surface area contributed by atoms with Gasteiger partial charge >= 0.3 is 5.97 Å². The zero-order valence-corrected chi connectivity index (χ0v) is 22.9. The Hall–Kier alpha value is -4.54. The molecule has 0 aliphatic carbocycles. The van der Waals surface area contributed by atoms with E-state index in [2.05, 4.69) is 5.32 Å². The molecule has 1 aromatic heterocycles. The summed E-state index contributed by atoms with van der Waals surface area (Å²) >= 11 is 1.35. The Morgan fingerprint density at radius 2 is 1.80 bits per heavy atom. The van der Waals surface area contributed by atoms with E-state index in [4.69, 9.17) is 21.6 Å². The van der Waals surface area contributed by atoms with Crippen molar-refractivity contribution in [3.63, 3.8) is 0 Å². The van der Waals surface area contributed by atoms with Crippen molar-refractivity contribution >= 4 is 45.7 Å². The molecule has 0 aliphatic rings. The molecular formula is C30H31N5O4S. The number of benzene rings is 3. The third-order valence-electron chi connectivity index (χ3n) is 6.33. The number of esters is 1. The Bertz CT molecular complexity index is 1540. The quantitative estimate of drug-likeness (QED) is 0.125. The van der Waals surface area contributed by atoms with Crippen molar-refractivity contribution in [2.24, 2.45) is 11.5 Å². The van der Waals surface area contributed by atoms with Crippen molar-refractivity contribution in [3.8, 4) is 0 Å². The van der Waals surface area contributed by atoms with E-state index >= 15 is 0 Å². The van der Waals surface area contributed by atoms with Gasteiger partial charge in [0.05, 0.1) is 24.6 Å². The van der Waals surface area contributed by atoms with E-state index in [1.165, 1.54) is 16.2 Å². The number of thiophene rings is 1. The predicted molar refractivity (Wildman–Crippen MR) is 156 cm³/mol. The summed E-state index contributed by atoms with van der Waals surface area (Å²) in [7, 11) is 0. The first-order chi connectivity index (χ1) is 19.3. The monoisotopic (exact) mass is 557 g/mol. The summed E-state index contributed by atoms with van der Waals surface area (Å²) < 4.78 is 5.38. The van der Waals surface area contributed by atoms with Crippen LogP contribution in [0.1, 0.15) is 44.2 Å². The van der Waals surface area contributed by atoms with Gasteiger partial charge in [0.1, 0.15) is 5.84 Å². The molecule has 4 rings (SSSR count). The summed E-state index contributed by atoms with van der Waals surface area (Å²) in [6, 6.07) is 22.6. The van der Waals surface area contributed by atoms with Crippen LogP contribution in [0.4, 0.5) is 0 Å². The minimum Gasteiger partial charge on any atom is -0.464 e. The number of hydrogen-bond donors (Lipinski definition) is 4. The van der Waals surface area contributed by atoms with Gasteiger partial charge in [-0.15, -0.1) is 11.3 Å². The van der Waals surface area contributed by atoms with E-state index in [9.17, 15) is 14.4 Å². The SMILES string of the molecule is CCOC(=O)C(c1ccc2c(C(=O)NCc3ccc(C(=N)N)s3)cccc2c1)N(Cc1ccccc1)C(=O)CN. The zero-order valence-electron chi connectivity index (χ0n) is 22.1. The molecule has 0 saturated carbocycles. The molecule has 0 aliphatic heterocycles. The first-order valence-electron chi connectivity index (χ1n) is 12.8. The maximum Gasteiger partial charge on any atom is 0.333 e. The van der Waals surface area contributed by atoms with Gasteiger partial charge in [-0.05, 0) is 53.1 Å². The summed E-state index contributed by atoms with van der Waals surface area (Å²) in [4.78, 5) is 42.3. The van der Waals surface area contributed by atoms with Gasteiger partial charge in [-0.25, -0.2) is 4.79 Å². The summed E-state index contributed by atoms with van der Waals surface area (Å²) in [5.74, 6) is -1.22. The highest BCUT2D eigenvalue weighted by Crippen LogP contribution is 2.29. The van der Waals surface area contributed by atoms with E-state index in [1.807, 2.05) is 42.5 Å². The summed E-state index contributed by atoms with van der Waals surface area (Å²) in [5.41, 5.74) is 13.2. The molecule has 6 N–H and O–H groups in total. The van der Waals surface area contributed by atoms with Gasteiger partial charge in [0.25, 0.3) is 5.91 Å². The minimum atomic E-state index is -1.02. The van der Waals surface area contributed by atoms with Crippen molar-refractivity contribution in [1.29, 1.82) is 5.41 Å². The zero-order chi connectivity index (χ0) is 28.6. The van der Waals surface area contributed by atoms with Crippen molar-refractivity contribution in [1.82, 2.24) is 10.2 Å². The van der Waals surface area contributed by atoms with Crippen LogP contribution < -0.4 is 16.8 Å². The van der Waals surface area contributed by atoms with Crippen LogP contribution in [0.2, 0.25) is 0 Å². The van der Waals surface area contributed by atoms with Crippen LogP contribution in [0.3, 0.4) is 0 Å². The van der Waals surface area contributed by atoms with Gasteiger partial charge in [-0.1, -0.05) is 54.6 Å². The summed E-state index contributed by atoms with van der Waals surface area (Å²) in [6.07, 6.45) is 0.